The fourth-order valence-electron chi connectivity index (χ4n) is 2.75. The van der Waals surface area contributed by atoms with Gasteiger partial charge >= 0.3 is 0 Å². The summed E-state index contributed by atoms with van der Waals surface area (Å²) in [7, 11) is 0. The summed E-state index contributed by atoms with van der Waals surface area (Å²) in [5, 5.41) is 5.88. The largest absolute Gasteiger partial charge is 0.491 e. The summed E-state index contributed by atoms with van der Waals surface area (Å²) >= 11 is 0. The quantitative estimate of drug-likeness (QED) is 0.224. The molecule has 7 nitrogen and oxygen atoms in total. The van der Waals surface area contributed by atoms with E-state index in [9.17, 15) is 4.79 Å². The molecule has 2 aromatic carbocycles. The van der Waals surface area contributed by atoms with E-state index in [-0.39, 0.29) is 36.0 Å². The number of carbonyl (C=O) groups is 1. The maximum atomic E-state index is 12.3. The average Bonchev–Trinajstić information content (AvgIpc) is 3.25. The molecule has 0 unspecified atom stereocenters. The smallest absolute Gasteiger partial charge is 0.251 e. The summed E-state index contributed by atoms with van der Waals surface area (Å²) in [6, 6.07) is 18.4. The Morgan fingerprint density at radius 3 is 2.58 bits per heavy atom. The molecule has 31 heavy (non-hydrogen) atoms. The molecule has 3 aromatic rings. The van der Waals surface area contributed by atoms with E-state index in [1.807, 2.05) is 56.3 Å². The second-order valence-corrected chi connectivity index (χ2v) is 6.98. The fraction of sp³-hybridized carbons (Fsp3) is 0.217. The number of nitrogens with two attached hydrogens (primary N) is 1. The topological polar surface area (TPSA) is 102 Å². The lowest BCUT2D eigenvalue weighted by molar-refractivity contribution is 0.0948. The molecule has 164 valence electrons. The highest BCUT2D eigenvalue weighted by atomic mass is 127. The molecule has 0 spiro atoms. The van der Waals surface area contributed by atoms with Crippen LogP contribution in [-0.2, 0) is 13.1 Å². The predicted octanol–water partition coefficient (Wildman–Crippen LogP) is 4.54. The minimum atomic E-state index is -0.174. The first-order valence-electron chi connectivity index (χ1n) is 9.73. The minimum Gasteiger partial charge on any atom is -0.491 e. The van der Waals surface area contributed by atoms with Crippen molar-refractivity contribution in [3.63, 3.8) is 0 Å². The number of carbonyl (C=O) groups excluding carboxylic acids is 1. The van der Waals surface area contributed by atoms with Crippen LogP contribution in [0.15, 0.2) is 76.3 Å². The van der Waals surface area contributed by atoms with Crippen LogP contribution in [0.3, 0.4) is 0 Å². The van der Waals surface area contributed by atoms with Gasteiger partial charge in [-0.1, -0.05) is 12.1 Å². The van der Waals surface area contributed by atoms with E-state index in [0.29, 0.717) is 30.4 Å². The van der Waals surface area contributed by atoms with Gasteiger partial charge in [0.1, 0.15) is 11.5 Å². The molecule has 3 rings (SSSR count). The van der Waals surface area contributed by atoms with E-state index < -0.39 is 0 Å². The van der Waals surface area contributed by atoms with Crippen LogP contribution < -0.4 is 21.1 Å². The number of ether oxygens (including phenoxy) is 1. The molecule has 0 aliphatic heterocycles. The first-order chi connectivity index (χ1) is 14.5. The minimum absolute atomic E-state index is 0. The van der Waals surface area contributed by atoms with E-state index in [1.54, 1.807) is 24.5 Å². The molecule has 0 radical (unpaired) electrons. The zero-order chi connectivity index (χ0) is 21.3. The van der Waals surface area contributed by atoms with E-state index in [0.717, 1.165) is 17.0 Å². The monoisotopic (exact) mass is 534 g/mol. The van der Waals surface area contributed by atoms with Crippen molar-refractivity contribution in [3.05, 3.63) is 83.8 Å². The number of amides is 1. The van der Waals surface area contributed by atoms with Gasteiger partial charge < -0.3 is 25.5 Å². The van der Waals surface area contributed by atoms with Crippen LogP contribution in [0.5, 0.6) is 5.75 Å². The van der Waals surface area contributed by atoms with Gasteiger partial charge in [-0.3, -0.25) is 4.79 Å². The molecular weight excluding hydrogens is 507 g/mol. The molecule has 1 heterocycles. The van der Waals surface area contributed by atoms with Gasteiger partial charge in [0.15, 0.2) is 5.96 Å². The molecule has 0 aliphatic rings. The Kier molecular flexibility index (Phi) is 9.39. The SMILES string of the molecule is CC(C)Oc1ccc(NC(N)=NCc2cccc(C(=O)NCc3ccco3)c2)cc1.I. The highest BCUT2D eigenvalue weighted by molar-refractivity contribution is 14.0. The van der Waals surface area contributed by atoms with Gasteiger partial charge in [-0.2, -0.15) is 0 Å². The molecule has 0 bridgehead atoms. The van der Waals surface area contributed by atoms with Crippen molar-refractivity contribution in [2.24, 2.45) is 10.7 Å². The summed E-state index contributed by atoms with van der Waals surface area (Å²) in [5.74, 6) is 1.62. The number of nitrogens with one attached hydrogen (secondary N) is 2. The summed E-state index contributed by atoms with van der Waals surface area (Å²) in [4.78, 5) is 16.7. The third-order valence-corrected chi connectivity index (χ3v) is 4.12. The molecule has 0 aliphatic carbocycles. The molecular formula is C23H27IN4O3. The maximum absolute atomic E-state index is 12.3. The lowest BCUT2D eigenvalue weighted by atomic mass is 10.1. The van der Waals surface area contributed by atoms with Gasteiger partial charge in [0.05, 0.1) is 25.5 Å². The van der Waals surface area contributed by atoms with Crippen LogP contribution in [0.4, 0.5) is 5.69 Å². The number of benzene rings is 2. The van der Waals surface area contributed by atoms with Crippen LogP contribution in [0.1, 0.15) is 35.5 Å². The first kappa shape index (κ1) is 24.3. The molecule has 1 aromatic heterocycles. The normalized spacial score (nSPS) is 11.0. The first-order valence-corrected chi connectivity index (χ1v) is 9.73. The Bertz CT molecular complexity index is 986. The van der Waals surface area contributed by atoms with Gasteiger partial charge in [-0.15, -0.1) is 24.0 Å². The van der Waals surface area contributed by atoms with E-state index in [2.05, 4.69) is 15.6 Å². The van der Waals surface area contributed by atoms with Gasteiger partial charge in [-0.05, 0) is 67.9 Å². The second kappa shape index (κ2) is 12.0. The standard InChI is InChI=1S/C23H26N4O3.HI/c1-16(2)30-20-10-8-19(9-11-20)27-23(24)26-14-17-5-3-6-18(13-17)22(28)25-15-21-7-4-12-29-21;/h3-13,16H,14-15H2,1-2H3,(H,25,28)(H3,24,26,27);1H. The highest BCUT2D eigenvalue weighted by Crippen LogP contribution is 2.16. The number of anilines is 1. The summed E-state index contributed by atoms with van der Waals surface area (Å²) in [5.41, 5.74) is 8.25. The molecule has 4 N–H and O–H groups in total. The number of nitrogens with zero attached hydrogens (tertiary/aromatic N) is 1. The molecule has 0 fully saturated rings. The Hall–Kier alpha value is -3.01. The van der Waals surface area contributed by atoms with Crippen LogP contribution in [-0.4, -0.2) is 18.0 Å². The number of furan rings is 1. The summed E-state index contributed by atoms with van der Waals surface area (Å²) in [6.45, 7) is 4.65. The van der Waals surface area contributed by atoms with Crippen molar-refractivity contribution in [2.45, 2.75) is 33.0 Å². The number of hydrogen-bond donors (Lipinski definition) is 3. The lowest BCUT2D eigenvalue weighted by Crippen LogP contribution is -2.23. The number of rotatable bonds is 8. The lowest BCUT2D eigenvalue weighted by Gasteiger charge is -2.11. The van der Waals surface area contributed by atoms with Crippen molar-refractivity contribution in [1.29, 1.82) is 0 Å². The third-order valence-electron chi connectivity index (χ3n) is 4.12. The van der Waals surface area contributed by atoms with Gasteiger partial charge in [-0.25, -0.2) is 4.99 Å². The number of halogens is 1. The van der Waals surface area contributed by atoms with Crippen molar-refractivity contribution >= 4 is 41.5 Å². The molecule has 8 heteroatoms. The van der Waals surface area contributed by atoms with Gasteiger partial charge in [0.2, 0.25) is 0 Å². The molecule has 0 saturated heterocycles. The van der Waals surface area contributed by atoms with Crippen molar-refractivity contribution in [3.8, 4) is 5.75 Å². The van der Waals surface area contributed by atoms with E-state index in [4.69, 9.17) is 14.9 Å². The molecule has 0 saturated carbocycles. The second-order valence-electron chi connectivity index (χ2n) is 6.98. The van der Waals surface area contributed by atoms with Crippen LogP contribution in [0, 0.1) is 0 Å². The Labute approximate surface area is 199 Å². The number of aliphatic imine (C=N–C) groups is 1. The number of guanidine groups is 1. The molecule has 1 amide bonds. The predicted molar refractivity (Wildman–Crippen MR) is 133 cm³/mol. The van der Waals surface area contributed by atoms with E-state index in [1.165, 1.54) is 0 Å². The Morgan fingerprint density at radius 1 is 1.13 bits per heavy atom. The third kappa shape index (κ3) is 7.97. The van der Waals surface area contributed by atoms with E-state index >= 15 is 0 Å². The summed E-state index contributed by atoms with van der Waals surface area (Å²) in [6.07, 6.45) is 1.70. The van der Waals surface area contributed by atoms with Crippen molar-refractivity contribution < 1.29 is 13.9 Å². The van der Waals surface area contributed by atoms with Crippen molar-refractivity contribution in [2.75, 3.05) is 5.32 Å². The highest BCUT2D eigenvalue weighted by Gasteiger charge is 2.07. The van der Waals surface area contributed by atoms with Crippen LogP contribution >= 0.6 is 24.0 Å². The zero-order valence-electron chi connectivity index (χ0n) is 17.5. The van der Waals surface area contributed by atoms with Crippen molar-refractivity contribution in [1.82, 2.24) is 5.32 Å². The zero-order valence-corrected chi connectivity index (χ0v) is 19.8. The number of hydrogen-bond acceptors (Lipinski definition) is 4. The Morgan fingerprint density at radius 2 is 1.90 bits per heavy atom. The summed E-state index contributed by atoms with van der Waals surface area (Å²) < 4.78 is 10.8. The maximum Gasteiger partial charge on any atom is 0.251 e. The molecule has 0 atom stereocenters. The van der Waals surface area contributed by atoms with Crippen LogP contribution in [0.25, 0.3) is 0 Å². The van der Waals surface area contributed by atoms with Gasteiger partial charge in [0.25, 0.3) is 5.91 Å². The van der Waals surface area contributed by atoms with Gasteiger partial charge in [0, 0.05) is 11.3 Å². The fourth-order valence-corrected chi connectivity index (χ4v) is 2.75. The Balaban J connectivity index is 0.00000341. The van der Waals surface area contributed by atoms with Crippen LogP contribution in [0.2, 0.25) is 0 Å². The average molecular weight is 534 g/mol.